The smallest absolute Gasteiger partial charge is 0.310 e. The van der Waals surface area contributed by atoms with Crippen LogP contribution in [0.15, 0.2) is 28.9 Å². The van der Waals surface area contributed by atoms with Gasteiger partial charge in [0.05, 0.1) is 19.1 Å². The number of hydrogen-bond acceptors (Lipinski definition) is 4. The Morgan fingerprint density at radius 3 is 2.76 bits per heavy atom. The molecule has 1 aromatic carbocycles. The molecule has 0 saturated carbocycles. The Kier molecular flexibility index (Phi) is 2.95. The summed E-state index contributed by atoms with van der Waals surface area (Å²) in [7, 11) is 1.34. The third-order valence-electron chi connectivity index (χ3n) is 2.62. The average molecular weight is 232 g/mol. The summed E-state index contributed by atoms with van der Waals surface area (Å²) in [5.74, 6) is -0.391. The molecular formula is C13H12O4. The first-order valence-electron chi connectivity index (χ1n) is 5.20. The lowest BCUT2D eigenvalue weighted by atomic mass is 10.1. The van der Waals surface area contributed by atoms with Gasteiger partial charge in [-0.3, -0.25) is 9.59 Å². The van der Waals surface area contributed by atoms with Crippen LogP contribution in [0.3, 0.4) is 0 Å². The van der Waals surface area contributed by atoms with E-state index in [2.05, 4.69) is 4.74 Å². The summed E-state index contributed by atoms with van der Waals surface area (Å²) in [6, 6.07) is 5.38. The monoisotopic (exact) mass is 232 g/mol. The topological polar surface area (TPSA) is 56.5 Å². The van der Waals surface area contributed by atoms with E-state index in [0.717, 1.165) is 10.9 Å². The van der Waals surface area contributed by atoms with Crippen molar-refractivity contribution in [1.29, 1.82) is 0 Å². The number of carbonyl (C=O) groups excluding carboxylic acids is 2. The lowest BCUT2D eigenvalue weighted by molar-refractivity contribution is -0.139. The fraction of sp³-hybridized carbons (Fsp3) is 0.231. The van der Waals surface area contributed by atoms with Gasteiger partial charge in [0.15, 0.2) is 5.78 Å². The van der Waals surface area contributed by atoms with Crippen LogP contribution in [-0.4, -0.2) is 18.9 Å². The zero-order valence-electron chi connectivity index (χ0n) is 9.65. The maximum atomic E-state index is 11.4. The van der Waals surface area contributed by atoms with Gasteiger partial charge < -0.3 is 9.15 Å². The van der Waals surface area contributed by atoms with Crippen LogP contribution in [0.2, 0.25) is 0 Å². The minimum absolute atomic E-state index is 0.0565. The molecule has 0 N–H and O–H groups in total. The Labute approximate surface area is 98.2 Å². The van der Waals surface area contributed by atoms with Gasteiger partial charge in [-0.05, 0) is 6.92 Å². The number of rotatable bonds is 3. The van der Waals surface area contributed by atoms with E-state index in [1.54, 1.807) is 18.2 Å². The Bertz CT molecular complexity index is 580. The highest BCUT2D eigenvalue weighted by Crippen LogP contribution is 2.25. The van der Waals surface area contributed by atoms with Gasteiger partial charge in [-0.2, -0.15) is 0 Å². The molecule has 1 heterocycles. The second kappa shape index (κ2) is 4.41. The third-order valence-corrected chi connectivity index (χ3v) is 2.62. The zero-order chi connectivity index (χ0) is 12.4. The van der Waals surface area contributed by atoms with E-state index < -0.39 is 0 Å². The largest absolute Gasteiger partial charge is 0.469 e. The number of benzene rings is 1. The normalized spacial score (nSPS) is 10.5. The quantitative estimate of drug-likeness (QED) is 0.602. The van der Waals surface area contributed by atoms with Crippen LogP contribution in [-0.2, 0) is 16.0 Å². The van der Waals surface area contributed by atoms with E-state index in [4.69, 9.17) is 4.42 Å². The van der Waals surface area contributed by atoms with Gasteiger partial charge in [-0.25, -0.2) is 0 Å². The minimum Gasteiger partial charge on any atom is -0.469 e. The Morgan fingerprint density at radius 1 is 1.35 bits per heavy atom. The molecule has 0 spiro atoms. The van der Waals surface area contributed by atoms with Gasteiger partial charge in [0.2, 0.25) is 0 Å². The van der Waals surface area contributed by atoms with Crippen LogP contribution in [0.5, 0.6) is 0 Å². The summed E-state index contributed by atoms with van der Waals surface area (Å²) >= 11 is 0. The highest BCUT2D eigenvalue weighted by atomic mass is 16.5. The summed E-state index contributed by atoms with van der Waals surface area (Å²) in [6.45, 7) is 1.48. The molecule has 0 aliphatic rings. The number of ketones is 1. The number of ether oxygens (including phenoxy) is 1. The van der Waals surface area contributed by atoms with E-state index in [1.807, 2.05) is 0 Å². The van der Waals surface area contributed by atoms with Gasteiger partial charge in [0.1, 0.15) is 11.8 Å². The summed E-state index contributed by atoms with van der Waals surface area (Å²) in [5.41, 5.74) is 1.83. The number of methoxy groups -OCH3 is 1. The van der Waals surface area contributed by atoms with E-state index in [1.165, 1.54) is 20.3 Å². The first-order chi connectivity index (χ1) is 8.13. The molecule has 0 unspecified atom stereocenters. The van der Waals surface area contributed by atoms with Crippen LogP contribution >= 0.6 is 0 Å². The summed E-state index contributed by atoms with van der Waals surface area (Å²) in [6.07, 6.45) is 1.56. The highest BCUT2D eigenvalue weighted by molar-refractivity contribution is 6.06. The van der Waals surface area contributed by atoms with E-state index >= 15 is 0 Å². The lowest BCUT2D eigenvalue weighted by Crippen LogP contribution is -2.04. The van der Waals surface area contributed by atoms with Crippen molar-refractivity contribution in [1.82, 2.24) is 0 Å². The van der Waals surface area contributed by atoms with Crippen molar-refractivity contribution in [2.45, 2.75) is 13.3 Å². The van der Waals surface area contributed by atoms with Crippen molar-refractivity contribution < 1.29 is 18.7 Å². The highest BCUT2D eigenvalue weighted by Gasteiger charge is 2.14. The van der Waals surface area contributed by atoms with Crippen molar-refractivity contribution in [3.8, 4) is 0 Å². The Balaban J connectivity index is 2.52. The lowest BCUT2D eigenvalue weighted by Gasteiger charge is -2.00. The predicted molar refractivity (Wildman–Crippen MR) is 61.9 cm³/mol. The number of carbonyl (C=O) groups is 2. The number of Topliss-reactive ketones (excluding diaryl/α,β-unsaturated/α-hetero) is 1. The molecule has 4 heteroatoms. The van der Waals surface area contributed by atoms with Gasteiger partial charge in [-0.15, -0.1) is 0 Å². The van der Waals surface area contributed by atoms with Crippen molar-refractivity contribution >= 4 is 22.7 Å². The van der Waals surface area contributed by atoms with Crippen LogP contribution in [0.1, 0.15) is 22.8 Å². The number of furan rings is 1. The van der Waals surface area contributed by atoms with Gasteiger partial charge in [0, 0.05) is 10.9 Å². The molecule has 1 aromatic heterocycles. The molecule has 0 aliphatic carbocycles. The fourth-order valence-corrected chi connectivity index (χ4v) is 1.76. The molecule has 2 rings (SSSR count). The van der Waals surface area contributed by atoms with Crippen molar-refractivity contribution in [3.63, 3.8) is 0 Å². The molecule has 0 saturated heterocycles. The van der Waals surface area contributed by atoms with Crippen molar-refractivity contribution in [2.75, 3.05) is 7.11 Å². The van der Waals surface area contributed by atoms with E-state index in [9.17, 15) is 9.59 Å². The summed E-state index contributed by atoms with van der Waals surface area (Å²) < 4.78 is 9.97. The predicted octanol–water partition coefficient (Wildman–Crippen LogP) is 2.35. The van der Waals surface area contributed by atoms with E-state index in [0.29, 0.717) is 11.1 Å². The number of fused-ring (bicyclic) bond motifs is 1. The van der Waals surface area contributed by atoms with Crippen molar-refractivity contribution in [2.24, 2.45) is 0 Å². The maximum absolute atomic E-state index is 11.4. The number of para-hydroxylation sites is 1. The molecule has 17 heavy (non-hydrogen) atoms. The zero-order valence-corrected chi connectivity index (χ0v) is 9.65. The van der Waals surface area contributed by atoms with Gasteiger partial charge in [0.25, 0.3) is 0 Å². The number of hydrogen-bond donors (Lipinski definition) is 0. The Morgan fingerprint density at radius 2 is 2.12 bits per heavy atom. The molecule has 0 aliphatic heterocycles. The molecule has 0 radical (unpaired) electrons. The summed E-state index contributed by atoms with van der Waals surface area (Å²) in [5, 5.41) is 0.735. The minimum atomic E-state index is -0.335. The first kappa shape index (κ1) is 11.4. The standard InChI is InChI=1S/C13H12O4/c1-8(14)11-7-17-13-9(6-12(15)16-2)4-3-5-10(11)13/h3-5,7H,6H2,1-2H3. The first-order valence-corrected chi connectivity index (χ1v) is 5.20. The number of esters is 1. The Hall–Kier alpha value is -2.10. The summed E-state index contributed by atoms with van der Waals surface area (Å²) in [4.78, 5) is 22.6. The molecule has 0 fully saturated rings. The van der Waals surface area contributed by atoms with Crippen LogP contribution in [0.25, 0.3) is 11.0 Å². The van der Waals surface area contributed by atoms with Crippen LogP contribution in [0.4, 0.5) is 0 Å². The fourth-order valence-electron chi connectivity index (χ4n) is 1.76. The maximum Gasteiger partial charge on any atom is 0.310 e. The van der Waals surface area contributed by atoms with Gasteiger partial charge in [-0.1, -0.05) is 18.2 Å². The molecule has 4 nitrogen and oxygen atoms in total. The SMILES string of the molecule is COC(=O)Cc1cccc2c(C(C)=O)coc12. The molecule has 0 bridgehead atoms. The molecule has 0 amide bonds. The van der Waals surface area contributed by atoms with Crippen LogP contribution < -0.4 is 0 Å². The molecular weight excluding hydrogens is 220 g/mol. The van der Waals surface area contributed by atoms with E-state index in [-0.39, 0.29) is 18.2 Å². The third kappa shape index (κ3) is 2.06. The molecule has 0 atom stereocenters. The second-order valence-electron chi connectivity index (χ2n) is 3.75. The molecule has 88 valence electrons. The molecule has 2 aromatic rings. The van der Waals surface area contributed by atoms with Gasteiger partial charge >= 0.3 is 5.97 Å². The second-order valence-corrected chi connectivity index (χ2v) is 3.75. The van der Waals surface area contributed by atoms with Crippen molar-refractivity contribution in [3.05, 3.63) is 35.6 Å². The van der Waals surface area contributed by atoms with Crippen LogP contribution in [0, 0.1) is 0 Å². The average Bonchev–Trinajstić information content (AvgIpc) is 2.73.